The number of nitrogens with two attached hydrogens (primary N) is 1. The molecule has 1 aromatic rings. The summed E-state index contributed by atoms with van der Waals surface area (Å²) in [6, 6.07) is 5.16. The molecule has 4 N–H and O–H groups in total. The molecule has 0 spiro atoms. The zero-order valence-electron chi connectivity index (χ0n) is 13.1. The molecule has 0 bridgehead atoms. The van der Waals surface area contributed by atoms with Gasteiger partial charge in [-0.1, -0.05) is 12.8 Å². The van der Waals surface area contributed by atoms with Crippen LogP contribution in [0.15, 0.2) is 18.2 Å². The molecule has 0 aliphatic heterocycles. The number of amides is 1. The number of aliphatic hydroxyl groups is 1. The summed E-state index contributed by atoms with van der Waals surface area (Å²) in [5.41, 5.74) is 5.92. The molecule has 22 heavy (non-hydrogen) atoms. The summed E-state index contributed by atoms with van der Waals surface area (Å²) in [7, 11) is 3.09. The number of ether oxygens (including phenoxy) is 2. The van der Waals surface area contributed by atoms with E-state index in [1.165, 1.54) is 0 Å². The predicted octanol–water partition coefficient (Wildman–Crippen LogP) is 1.12. The van der Waals surface area contributed by atoms with E-state index < -0.39 is 11.6 Å². The van der Waals surface area contributed by atoms with Crippen molar-refractivity contribution in [3.63, 3.8) is 0 Å². The molecule has 1 amide bonds. The van der Waals surface area contributed by atoms with Crippen LogP contribution in [0.4, 0.5) is 0 Å². The van der Waals surface area contributed by atoms with Crippen LogP contribution in [0, 0.1) is 0 Å². The number of carbonyl (C=O) groups excluding carboxylic acids is 1. The van der Waals surface area contributed by atoms with Crippen molar-refractivity contribution >= 4 is 5.91 Å². The molecule has 1 unspecified atom stereocenters. The highest BCUT2D eigenvalue weighted by Crippen LogP contribution is 2.28. The van der Waals surface area contributed by atoms with Gasteiger partial charge < -0.3 is 25.6 Å². The Balaban J connectivity index is 2.00. The first kappa shape index (κ1) is 16.6. The third-order valence-electron chi connectivity index (χ3n) is 4.16. The van der Waals surface area contributed by atoms with Gasteiger partial charge in [0.1, 0.15) is 11.5 Å². The second kappa shape index (κ2) is 6.98. The Morgan fingerprint density at radius 1 is 1.27 bits per heavy atom. The topological polar surface area (TPSA) is 93.8 Å². The van der Waals surface area contributed by atoms with Gasteiger partial charge in [0.05, 0.1) is 25.9 Å². The largest absolute Gasteiger partial charge is 0.497 e. The van der Waals surface area contributed by atoms with Gasteiger partial charge >= 0.3 is 0 Å². The molecule has 6 heteroatoms. The molecule has 0 heterocycles. The normalized spacial score (nSPS) is 17.8. The molecule has 1 saturated carbocycles. The van der Waals surface area contributed by atoms with Crippen LogP contribution in [-0.4, -0.2) is 37.3 Å². The zero-order valence-corrected chi connectivity index (χ0v) is 13.1. The summed E-state index contributed by atoms with van der Waals surface area (Å²) in [5, 5.41) is 13.0. The van der Waals surface area contributed by atoms with E-state index in [0.717, 1.165) is 12.8 Å². The number of carbonyl (C=O) groups is 1. The summed E-state index contributed by atoms with van der Waals surface area (Å²) in [6.07, 6.45) is 2.49. The van der Waals surface area contributed by atoms with E-state index in [2.05, 4.69) is 5.32 Å². The molecule has 0 radical (unpaired) electrons. The summed E-state index contributed by atoms with van der Waals surface area (Å²) in [5.74, 6) is 0.982. The van der Waals surface area contributed by atoms with Crippen LogP contribution in [0.5, 0.6) is 11.5 Å². The number of rotatable bonds is 6. The van der Waals surface area contributed by atoms with E-state index in [-0.39, 0.29) is 12.5 Å². The van der Waals surface area contributed by atoms with Gasteiger partial charge in [-0.05, 0) is 30.5 Å². The molecule has 122 valence electrons. The quantitative estimate of drug-likeness (QED) is 0.732. The molecule has 0 saturated heterocycles. The Hall–Kier alpha value is -1.79. The number of aliphatic hydroxyl groups excluding tert-OH is 1. The third kappa shape index (κ3) is 3.69. The minimum atomic E-state index is -0.849. The van der Waals surface area contributed by atoms with E-state index in [4.69, 9.17) is 15.2 Å². The van der Waals surface area contributed by atoms with Crippen LogP contribution in [-0.2, 0) is 4.79 Å². The minimum absolute atomic E-state index is 0.105. The van der Waals surface area contributed by atoms with Gasteiger partial charge in [-0.25, -0.2) is 0 Å². The van der Waals surface area contributed by atoms with Crippen LogP contribution in [0.1, 0.15) is 37.4 Å². The molecule has 2 rings (SSSR count). The fourth-order valence-corrected chi connectivity index (χ4v) is 2.74. The van der Waals surface area contributed by atoms with Crippen molar-refractivity contribution in [2.75, 3.05) is 20.8 Å². The van der Waals surface area contributed by atoms with Crippen LogP contribution in [0.25, 0.3) is 0 Å². The summed E-state index contributed by atoms with van der Waals surface area (Å²) < 4.78 is 10.3. The Labute approximate surface area is 130 Å². The van der Waals surface area contributed by atoms with E-state index in [0.29, 0.717) is 29.9 Å². The lowest BCUT2D eigenvalue weighted by molar-refractivity contribution is -0.126. The number of hydrogen-bond donors (Lipinski definition) is 3. The molecule has 1 aromatic carbocycles. The highest BCUT2D eigenvalue weighted by molar-refractivity contribution is 5.86. The van der Waals surface area contributed by atoms with Crippen molar-refractivity contribution in [2.24, 2.45) is 5.73 Å². The van der Waals surface area contributed by atoms with Crippen molar-refractivity contribution < 1.29 is 19.4 Å². The average molecular weight is 308 g/mol. The van der Waals surface area contributed by atoms with Crippen LogP contribution >= 0.6 is 0 Å². The first-order valence-corrected chi connectivity index (χ1v) is 7.47. The molecular weight excluding hydrogens is 284 g/mol. The van der Waals surface area contributed by atoms with Gasteiger partial charge in [-0.2, -0.15) is 0 Å². The summed E-state index contributed by atoms with van der Waals surface area (Å²) in [6.45, 7) is 0.105. The van der Waals surface area contributed by atoms with E-state index in [9.17, 15) is 9.90 Å². The molecule has 0 aromatic heterocycles. The first-order valence-electron chi connectivity index (χ1n) is 7.47. The predicted molar refractivity (Wildman–Crippen MR) is 82.9 cm³/mol. The van der Waals surface area contributed by atoms with E-state index in [1.807, 2.05) is 0 Å². The van der Waals surface area contributed by atoms with Gasteiger partial charge in [-0.3, -0.25) is 4.79 Å². The first-order chi connectivity index (χ1) is 10.5. The molecule has 1 aliphatic carbocycles. The lowest BCUT2D eigenvalue weighted by Crippen LogP contribution is -2.52. The smallest absolute Gasteiger partial charge is 0.240 e. The fraction of sp³-hybridized carbons (Fsp3) is 0.562. The standard InChI is InChI=1S/C16H24N2O4/c1-21-12-7-11(8-13(9-12)22-2)14(19)10-18-15(20)16(17)5-3-4-6-16/h7-9,14,19H,3-6,10,17H2,1-2H3,(H,18,20). The minimum Gasteiger partial charge on any atom is -0.497 e. The fourth-order valence-electron chi connectivity index (χ4n) is 2.74. The number of methoxy groups -OCH3 is 2. The van der Waals surface area contributed by atoms with Gasteiger partial charge in [0, 0.05) is 12.6 Å². The maximum absolute atomic E-state index is 12.2. The summed E-state index contributed by atoms with van der Waals surface area (Å²) >= 11 is 0. The molecule has 1 atom stereocenters. The van der Waals surface area contributed by atoms with Gasteiger partial charge in [0.25, 0.3) is 0 Å². The van der Waals surface area contributed by atoms with Crippen molar-refractivity contribution in [1.82, 2.24) is 5.32 Å². The Morgan fingerprint density at radius 3 is 2.32 bits per heavy atom. The summed E-state index contributed by atoms with van der Waals surface area (Å²) in [4.78, 5) is 12.2. The zero-order chi connectivity index (χ0) is 16.2. The van der Waals surface area contributed by atoms with Crippen molar-refractivity contribution in [3.05, 3.63) is 23.8 Å². The van der Waals surface area contributed by atoms with Gasteiger partial charge in [0.2, 0.25) is 5.91 Å². The number of hydrogen-bond acceptors (Lipinski definition) is 5. The molecule has 1 fully saturated rings. The number of benzene rings is 1. The Morgan fingerprint density at radius 2 is 1.82 bits per heavy atom. The number of nitrogens with one attached hydrogen (secondary N) is 1. The average Bonchev–Trinajstić information content (AvgIpc) is 2.99. The second-order valence-electron chi connectivity index (χ2n) is 5.74. The maximum atomic E-state index is 12.2. The lowest BCUT2D eigenvalue weighted by atomic mass is 9.98. The second-order valence-corrected chi connectivity index (χ2v) is 5.74. The van der Waals surface area contributed by atoms with Crippen LogP contribution < -0.4 is 20.5 Å². The highest BCUT2D eigenvalue weighted by Gasteiger charge is 2.36. The van der Waals surface area contributed by atoms with Crippen LogP contribution in [0.2, 0.25) is 0 Å². The molecule has 1 aliphatic rings. The third-order valence-corrected chi connectivity index (χ3v) is 4.16. The SMILES string of the molecule is COc1cc(OC)cc(C(O)CNC(=O)C2(N)CCCC2)c1. The van der Waals surface area contributed by atoms with Crippen LogP contribution in [0.3, 0.4) is 0 Å². The van der Waals surface area contributed by atoms with E-state index in [1.54, 1.807) is 32.4 Å². The molecular formula is C16H24N2O4. The Bertz CT molecular complexity index is 505. The van der Waals surface area contributed by atoms with E-state index >= 15 is 0 Å². The van der Waals surface area contributed by atoms with Crippen molar-refractivity contribution in [2.45, 2.75) is 37.3 Å². The monoisotopic (exact) mass is 308 g/mol. The van der Waals surface area contributed by atoms with Crippen molar-refractivity contribution in [3.8, 4) is 11.5 Å². The Kier molecular flexibility index (Phi) is 5.26. The van der Waals surface area contributed by atoms with Gasteiger partial charge in [-0.15, -0.1) is 0 Å². The molecule has 6 nitrogen and oxygen atoms in total. The highest BCUT2D eigenvalue weighted by atomic mass is 16.5. The lowest BCUT2D eigenvalue weighted by Gasteiger charge is -2.23. The van der Waals surface area contributed by atoms with Gasteiger partial charge in [0.15, 0.2) is 0 Å². The maximum Gasteiger partial charge on any atom is 0.240 e. The van der Waals surface area contributed by atoms with Crippen molar-refractivity contribution in [1.29, 1.82) is 0 Å².